The van der Waals surface area contributed by atoms with Crippen molar-refractivity contribution in [2.45, 2.75) is 12.5 Å². The monoisotopic (exact) mass is 277 g/mol. The van der Waals surface area contributed by atoms with Crippen LogP contribution in [0.4, 0.5) is 8.78 Å². The zero-order valence-electron chi connectivity index (χ0n) is 5.84. The van der Waals surface area contributed by atoms with Gasteiger partial charge in [0.25, 0.3) is 6.43 Å². The van der Waals surface area contributed by atoms with E-state index in [0.717, 1.165) is 0 Å². The Bertz CT molecular complexity index is 243. The Morgan fingerprint density at radius 3 is 2.42 bits per heavy atom. The Morgan fingerprint density at radius 2 is 2.08 bits per heavy atom. The van der Waals surface area contributed by atoms with E-state index < -0.39 is 12.5 Å². The smallest absolute Gasteiger partial charge is 0.258 e. The first-order chi connectivity index (χ1) is 5.13. The predicted molar refractivity (Wildman–Crippen MR) is 52.2 cm³/mol. The van der Waals surface area contributed by atoms with Gasteiger partial charge in [-0.2, -0.15) is 0 Å². The van der Waals surface area contributed by atoms with Gasteiger partial charge in [-0.25, -0.2) is 8.78 Å². The van der Waals surface area contributed by atoms with Gasteiger partial charge < -0.3 is 5.73 Å². The molecule has 0 aliphatic heterocycles. The highest BCUT2D eigenvalue weighted by molar-refractivity contribution is 9.10. The molecule has 1 heterocycles. The van der Waals surface area contributed by atoms with E-state index in [2.05, 4.69) is 15.9 Å². The third kappa shape index (κ3) is 2.65. The summed E-state index contributed by atoms with van der Waals surface area (Å²) in [7, 11) is 0. The quantitative estimate of drug-likeness (QED) is 0.883. The van der Waals surface area contributed by atoms with Crippen LogP contribution in [0.2, 0.25) is 0 Å². The summed E-state index contributed by atoms with van der Waals surface area (Å²) < 4.78 is 24.7. The van der Waals surface area contributed by atoms with Crippen molar-refractivity contribution in [3.63, 3.8) is 0 Å². The molecule has 6 heteroatoms. The minimum Gasteiger partial charge on any atom is -0.319 e. The fourth-order valence-corrected chi connectivity index (χ4v) is 2.30. The van der Waals surface area contributed by atoms with Crippen LogP contribution in [0.1, 0.15) is 10.9 Å². The molecule has 12 heavy (non-hydrogen) atoms. The Hall–Kier alpha value is 0.290. The van der Waals surface area contributed by atoms with Crippen LogP contribution in [0.15, 0.2) is 15.9 Å². The van der Waals surface area contributed by atoms with Crippen LogP contribution in [0, 0.1) is 0 Å². The molecule has 0 aliphatic carbocycles. The van der Waals surface area contributed by atoms with Crippen LogP contribution >= 0.6 is 39.7 Å². The molecule has 1 atom stereocenters. The molecule has 0 spiro atoms. The van der Waals surface area contributed by atoms with Gasteiger partial charge >= 0.3 is 0 Å². The van der Waals surface area contributed by atoms with Crippen LogP contribution in [0.3, 0.4) is 0 Å². The van der Waals surface area contributed by atoms with Crippen molar-refractivity contribution in [2.24, 2.45) is 5.73 Å². The first-order valence-electron chi connectivity index (χ1n) is 2.89. The third-order valence-corrected chi connectivity index (χ3v) is 3.19. The summed E-state index contributed by atoms with van der Waals surface area (Å²) in [6, 6.07) is 0.548. The Kier molecular flexibility index (Phi) is 5.24. The van der Waals surface area contributed by atoms with Gasteiger partial charge in [-0.05, 0) is 27.4 Å². The lowest BCUT2D eigenvalue weighted by molar-refractivity contribution is 0.117. The van der Waals surface area contributed by atoms with Crippen molar-refractivity contribution < 1.29 is 8.78 Å². The van der Waals surface area contributed by atoms with Gasteiger partial charge in [0.05, 0.1) is 0 Å². The number of halogens is 4. The lowest BCUT2D eigenvalue weighted by Crippen LogP contribution is -2.17. The lowest BCUT2D eigenvalue weighted by Gasteiger charge is -2.07. The Balaban J connectivity index is 0.00000121. The average Bonchev–Trinajstić information content (AvgIpc) is 2.33. The number of hydrogen-bond acceptors (Lipinski definition) is 2. The topological polar surface area (TPSA) is 26.0 Å². The first kappa shape index (κ1) is 12.3. The van der Waals surface area contributed by atoms with E-state index in [-0.39, 0.29) is 12.4 Å². The number of thiophene rings is 1. The average molecular weight is 279 g/mol. The van der Waals surface area contributed by atoms with E-state index in [1.165, 1.54) is 11.3 Å². The number of rotatable bonds is 2. The van der Waals surface area contributed by atoms with E-state index in [4.69, 9.17) is 5.73 Å². The predicted octanol–water partition coefficient (Wildman–Crippen LogP) is 3.20. The third-order valence-electron chi connectivity index (χ3n) is 1.22. The van der Waals surface area contributed by atoms with Crippen LogP contribution in [0.5, 0.6) is 0 Å². The normalized spacial score (nSPS) is 12.8. The maximum absolute atomic E-state index is 12.0. The van der Waals surface area contributed by atoms with Gasteiger partial charge in [-0.3, -0.25) is 0 Å². The molecule has 0 radical (unpaired) electrons. The highest BCUT2D eigenvalue weighted by atomic mass is 79.9. The van der Waals surface area contributed by atoms with Crippen molar-refractivity contribution >= 4 is 39.7 Å². The molecule has 0 aliphatic rings. The minimum atomic E-state index is -2.50. The molecule has 0 amide bonds. The molecule has 0 saturated heterocycles. The minimum absolute atomic E-state index is 0. The second-order valence-corrected chi connectivity index (χ2v) is 3.80. The fourth-order valence-electron chi connectivity index (χ4n) is 0.658. The molecular weight excluding hydrogens is 271 g/mol. The highest BCUT2D eigenvalue weighted by Crippen LogP contribution is 2.30. The molecule has 1 aromatic rings. The molecule has 1 rings (SSSR count). The second-order valence-electron chi connectivity index (χ2n) is 1.99. The molecular formula is C6H7BrClF2NS. The maximum atomic E-state index is 12.0. The van der Waals surface area contributed by atoms with Gasteiger partial charge in [-0.1, -0.05) is 0 Å². The van der Waals surface area contributed by atoms with Crippen LogP contribution in [-0.4, -0.2) is 6.43 Å². The largest absolute Gasteiger partial charge is 0.319 e. The molecule has 0 bridgehead atoms. The molecule has 70 valence electrons. The van der Waals surface area contributed by atoms with E-state index >= 15 is 0 Å². The standard InChI is InChI=1S/C6H6BrF2NS.ClH/c7-3-1-2-11-5(3)4(10)6(8)9;/h1-2,4,6H,10H2;1H/t4-;/m1./s1. The van der Waals surface area contributed by atoms with Crippen molar-refractivity contribution in [3.8, 4) is 0 Å². The van der Waals surface area contributed by atoms with E-state index in [1.54, 1.807) is 11.4 Å². The van der Waals surface area contributed by atoms with Crippen LogP contribution in [-0.2, 0) is 0 Å². The van der Waals surface area contributed by atoms with E-state index in [9.17, 15) is 8.78 Å². The van der Waals surface area contributed by atoms with Crippen LogP contribution in [0.25, 0.3) is 0 Å². The molecule has 0 saturated carbocycles. The van der Waals surface area contributed by atoms with Gasteiger partial charge in [0.15, 0.2) is 0 Å². The lowest BCUT2D eigenvalue weighted by atomic mass is 10.3. The van der Waals surface area contributed by atoms with Crippen molar-refractivity contribution in [2.75, 3.05) is 0 Å². The van der Waals surface area contributed by atoms with Gasteiger partial charge in [-0.15, -0.1) is 23.7 Å². The Morgan fingerprint density at radius 1 is 1.50 bits per heavy atom. The summed E-state index contributed by atoms with van der Waals surface area (Å²) in [4.78, 5) is 0.500. The SMILES string of the molecule is Cl.N[C@H](c1sccc1Br)C(F)F. The van der Waals surface area contributed by atoms with Crippen molar-refractivity contribution in [3.05, 3.63) is 20.8 Å². The fraction of sp³-hybridized carbons (Fsp3) is 0.333. The number of alkyl halides is 2. The van der Waals surface area contributed by atoms with Crippen LogP contribution < -0.4 is 5.73 Å². The first-order valence-corrected chi connectivity index (χ1v) is 4.57. The zero-order valence-corrected chi connectivity index (χ0v) is 9.06. The summed E-state index contributed by atoms with van der Waals surface area (Å²) in [5.41, 5.74) is 5.21. The van der Waals surface area contributed by atoms with Crippen molar-refractivity contribution in [1.82, 2.24) is 0 Å². The summed E-state index contributed by atoms with van der Waals surface area (Å²) >= 11 is 4.37. The molecule has 1 nitrogen and oxygen atoms in total. The summed E-state index contributed by atoms with van der Waals surface area (Å²) in [6.45, 7) is 0. The van der Waals surface area contributed by atoms with Crippen molar-refractivity contribution in [1.29, 1.82) is 0 Å². The maximum Gasteiger partial charge on any atom is 0.258 e. The summed E-state index contributed by atoms with van der Waals surface area (Å²) in [5.74, 6) is 0. The zero-order chi connectivity index (χ0) is 8.43. The van der Waals surface area contributed by atoms with Gasteiger partial charge in [0.2, 0.25) is 0 Å². The molecule has 1 aromatic heterocycles. The van der Waals surface area contributed by atoms with E-state index in [0.29, 0.717) is 9.35 Å². The van der Waals surface area contributed by atoms with E-state index in [1.807, 2.05) is 0 Å². The highest BCUT2D eigenvalue weighted by Gasteiger charge is 2.20. The summed E-state index contributed by atoms with van der Waals surface area (Å²) in [5, 5.41) is 1.72. The molecule has 0 unspecified atom stereocenters. The summed E-state index contributed by atoms with van der Waals surface area (Å²) in [6.07, 6.45) is -2.50. The molecule has 0 fully saturated rings. The van der Waals surface area contributed by atoms with Gasteiger partial charge in [0, 0.05) is 9.35 Å². The second kappa shape index (κ2) is 5.11. The number of hydrogen-bond donors (Lipinski definition) is 1. The Labute approximate surface area is 87.5 Å². The van der Waals surface area contributed by atoms with Gasteiger partial charge in [0.1, 0.15) is 6.04 Å². The molecule has 0 aromatic carbocycles. The number of nitrogens with two attached hydrogens (primary N) is 1. The molecule has 2 N–H and O–H groups in total.